The number of hydrogen-bond acceptors (Lipinski definition) is 5. The molecule has 7 nitrogen and oxygen atoms in total. The Bertz CT molecular complexity index is 1320. The van der Waals surface area contributed by atoms with Crippen molar-refractivity contribution >= 4 is 23.3 Å². The fraction of sp³-hybridized carbons (Fsp3) is 0.348. The van der Waals surface area contributed by atoms with Crippen molar-refractivity contribution in [2.24, 2.45) is 15.9 Å². The van der Waals surface area contributed by atoms with Crippen LogP contribution in [-0.2, 0) is 11.3 Å². The highest BCUT2D eigenvalue weighted by Gasteiger charge is 2.72. The zero-order valence-corrected chi connectivity index (χ0v) is 17.0. The minimum absolute atomic E-state index is 0.0166. The van der Waals surface area contributed by atoms with Crippen molar-refractivity contribution in [3.8, 4) is 6.07 Å². The number of benzene rings is 1. The van der Waals surface area contributed by atoms with Gasteiger partial charge in [-0.1, -0.05) is 0 Å². The summed E-state index contributed by atoms with van der Waals surface area (Å²) in [5, 5.41) is 14.7. The van der Waals surface area contributed by atoms with Crippen LogP contribution in [0.15, 0.2) is 41.9 Å². The van der Waals surface area contributed by atoms with Gasteiger partial charge in [-0.05, 0) is 48.4 Å². The molecule has 7 rings (SSSR count). The van der Waals surface area contributed by atoms with E-state index in [0.717, 1.165) is 31.0 Å². The van der Waals surface area contributed by atoms with Crippen LogP contribution < -0.4 is 0 Å². The van der Waals surface area contributed by atoms with Crippen LogP contribution in [0.2, 0.25) is 0 Å². The lowest BCUT2D eigenvalue weighted by Gasteiger charge is -2.69. The van der Waals surface area contributed by atoms with Gasteiger partial charge in [-0.25, -0.2) is 23.8 Å². The zero-order valence-electron chi connectivity index (χ0n) is 17.0. The van der Waals surface area contributed by atoms with E-state index in [1.54, 1.807) is 18.6 Å². The number of nitriles is 1. The lowest BCUT2D eigenvalue weighted by atomic mass is 9.34. The van der Waals surface area contributed by atoms with Crippen molar-refractivity contribution in [3.05, 3.63) is 59.6 Å². The average Bonchev–Trinajstić information content (AvgIpc) is 3.35. The molecule has 1 aromatic carbocycles. The quantitative estimate of drug-likeness (QED) is 0.629. The number of carbonyl (C=O) groups is 1. The third-order valence-electron chi connectivity index (χ3n) is 6.99. The van der Waals surface area contributed by atoms with Gasteiger partial charge in [0, 0.05) is 31.4 Å². The number of hydrazone groups is 1. The summed E-state index contributed by atoms with van der Waals surface area (Å²) < 4.78 is 29.4. The molecule has 0 radical (unpaired) electrons. The molecule has 3 heterocycles. The molecule has 1 amide bonds. The summed E-state index contributed by atoms with van der Waals surface area (Å²) in [6.45, 7) is 0.708. The molecule has 1 unspecified atom stereocenters. The number of fused-ring (bicyclic) bond motifs is 1. The highest BCUT2D eigenvalue weighted by Crippen LogP contribution is 2.74. The topological polar surface area (TPSA) is 87.2 Å². The van der Waals surface area contributed by atoms with Crippen LogP contribution in [0.5, 0.6) is 0 Å². The molecule has 2 aromatic heterocycles. The maximum Gasteiger partial charge on any atom is 0.249 e. The van der Waals surface area contributed by atoms with Crippen LogP contribution in [0.4, 0.5) is 8.78 Å². The van der Waals surface area contributed by atoms with Gasteiger partial charge >= 0.3 is 0 Å². The predicted octanol–water partition coefficient (Wildman–Crippen LogP) is 3.71. The van der Waals surface area contributed by atoms with Gasteiger partial charge in [0.25, 0.3) is 0 Å². The number of nitrogens with zero attached hydrogens (tertiary/aromatic N) is 6. The molecule has 9 heteroatoms. The summed E-state index contributed by atoms with van der Waals surface area (Å²) >= 11 is 0. The molecule has 3 saturated carbocycles. The third kappa shape index (κ3) is 2.68. The second-order valence-corrected chi connectivity index (χ2v) is 9.26. The number of imidazole rings is 1. The zero-order chi connectivity index (χ0) is 22.1. The van der Waals surface area contributed by atoms with Crippen molar-refractivity contribution < 1.29 is 13.6 Å². The van der Waals surface area contributed by atoms with E-state index in [-0.39, 0.29) is 11.3 Å². The van der Waals surface area contributed by atoms with E-state index >= 15 is 0 Å². The Morgan fingerprint density at radius 2 is 1.91 bits per heavy atom. The first kappa shape index (κ1) is 19.0. The van der Waals surface area contributed by atoms with Crippen LogP contribution >= 0.6 is 0 Å². The molecule has 160 valence electrons. The van der Waals surface area contributed by atoms with Crippen LogP contribution in [0.25, 0.3) is 11.2 Å². The maximum atomic E-state index is 13.7. The van der Waals surface area contributed by atoms with Crippen molar-refractivity contribution in [2.45, 2.75) is 38.3 Å². The molecular weight excluding hydrogens is 414 g/mol. The number of halogens is 2. The van der Waals surface area contributed by atoms with E-state index in [9.17, 15) is 13.6 Å². The molecule has 3 aromatic rings. The van der Waals surface area contributed by atoms with E-state index < -0.39 is 23.1 Å². The SMILES string of the molecule is N#Cc1cnc2c(c1)ncn2CC12CC(C(=O)N3N=CCC3c3cc(F)cc(F)c3)(C1)C2. The molecule has 2 bridgehead atoms. The van der Waals surface area contributed by atoms with Crippen LogP contribution in [0, 0.1) is 33.8 Å². The minimum atomic E-state index is -0.660. The number of hydrogen-bond donors (Lipinski definition) is 0. The fourth-order valence-electron chi connectivity index (χ4n) is 5.78. The van der Waals surface area contributed by atoms with Crippen LogP contribution in [0.3, 0.4) is 0 Å². The summed E-state index contributed by atoms with van der Waals surface area (Å²) in [7, 11) is 0. The Kier molecular flexibility index (Phi) is 3.82. The van der Waals surface area contributed by atoms with E-state index in [2.05, 4.69) is 21.1 Å². The van der Waals surface area contributed by atoms with Crippen LogP contribution in [-0.4, -0.2) is 31.7 Å². The lowest BCUT2D eigenvalue weighted by molar-refractivity contribution is -0.222. The highest BCUT2D eigenvalue weighted by molar-refractivity contribution is 5.88. The number of rotatable bonds is 4. The smallest absolute Gasteiger partial charge is 0.249 e. The molecule has 3 fully saturated rings. The van der Waals surface area contributed by atoms with Crippen molar-refractivity contribution in [3.63, 3.8) is 0 Å². The lowest BCUT2D eigenvalue weighted by Crippen LogP contribution is -2.68. The van der Waals surface area contributed by atoms with Gasteiger partial charge < -0.3 is 4.57 Å². The molecule has 0 spiro atoms. The molecule has 4 aliphatic rings. The average molecular weight is 432 g/mol. The van der Waals surface area contributed by atoms with Gasteiger partial charge in [0.15, 0.2) is 5.65 Å². The first-order valence-corrected chi connectivity index (χ1v) is 10.4. The Balaban J connectivity index is 1.17. The Labute approximate surface area is 182 Å². The number of amides is 1. The van der Waals surface area contributed by atoms with Gasteiger partial charge in [0.05, 0.1) is 23.3 Å². The van der Waals surface area contributed by atoms with Crippen molar-refractivity contribution in [1.29, 1.82) is 5.26 Å². The molecule has 3 aliphatic carbocycles. The summed E-state index contributed by atoms with van der Waals surface area (Å²) in [6.07, 6.45) is 7.56. The first-order chi connectivity index (χ1) is 15.4. The minimum Gasteiger partial charge on any atom is -0.315 e. The third-order valence-corrected chi connectivity index (χ3v) is 6.99. The Hall–Kier alpha value is -3.67. The molecule has 0 saturated heterocycles. The largest absolute Gasteiger partial charge is 0.315 e. The number of carbonyl (C=O) groups excluding carboxylic acids is 1. The molecule has 32 heavy (non-hydrogen) atoms. The van der Waals surface area contributed by atoms with E-state index in [1.165, 1.54) is 23.3 Å². The predicted molar refractivity (Wildman–Crippen MR) is 110 cm³/mol. The number of pyridine rings is 1. The van der Waals surface area contributed by atoms with Gasteiger partial charge in [-0.15, -0.1) is 0 Å². The second kappa shape index (κ2) is 6.42. The fourth-order valence-corrected chi connectivity index (χ4v) is 5.78. The summed E-state index contributed by atoms with van der Waals surface area (Å²) in [5.74, 6) is -1.39. The normalized spacial score (nSPS) is 27.8. The highest BCUT2D eigenvalue weighted by atomic mass is 19.1. The molecule has 1 atom stereocenters. The molecule has 1 aliphatic heterocycles. The van der Waals surface area contributed by atoms with Gasteiger partial charge in [-0.2, -0.15) is 10.4 Å². The summed E-state index contributed by atoms with van der Waals surface area (Å²) in [5.41, 5.74) is 1.86. The van der Waals surface area contributed by atoms with Crippen molar-refractivity contribution in [1.82, 2.24) is 19.5 Å². The van der Waals surface area contributed by atoms with Crippen LogP contribution in [0.1, 0.15) is 42.9 Å². The van der Waals surface area contributed by atoms with Gasteiger partial charge in [0.2, 0.25) is 5.91 Å². The maximum absolute atomic E-state index is 13.7. The van der Waals surface area contributed by atoms with E-state index in [0.29, 0.717) is 29.6 Å². The second-order valence-electron chi connectivity index (χ2n) is 9.26. The summed E-state index contributed by atoms with van der Waals surface area (Å²) in [6, 6.07) is 6.66. The monoisotopic (exact) mass is 432 g/mol. The molecule has 0 N–H and O–H groups in total. The van der Waals surface area contributed by atoms with E-state index in [1.807, 2.05) is 4.57 Å². The Morgan fingerprint density at radius 3 is 2.62 bits per heavy atom. The van der Waals surface area contributed by atoms with Gasteiger partial charge in [-0.3, -0.25) is 4.79 Å². The standard InChI is InChI=1S/C23H18F2N6O/c24-16-4-15(5-17(25)6-16)19-1-2-29-31(19)21(32)23-9-22(10-23,11-23)12-30-13-28-18-3-14(7-26)8-27-20(18)30/h2-6,8,13,19H,1,9-12H2. The van der Waals surface area contributed by atoms with Gasteiger partial charge in [0.1, 0.15) is 23.2 Å². The first-order valence-electron chi connectivity index (χ1n) is 10.4. The summed E-state index contributed by atoms with van der Waals surface area (Å²) in [4.78, 5) is 22.1. The Morgan fingerprint density at radius 1 is 1.16 bits per heavy atom. The number of aromatic nitrogens is 3. The van der Waals surface area contributed by atoms with Crippen molar-refractivity contribution in [2.75, 3.05) is 0 Å². The molecular formula is C23H18F2N6O. The van der Waals surface area contributed by atoms with E-state index in [4.69, 9.17) is 5.26 Å².